The molecule has 0 radical (unpaired) electrons. The Hall–Kier alpha value is -2.55. The Bertz CT molecular complexity index is 1350. The maximum Gasteiger partial charge on any atom is 0.306 e. The molecule has 0 saturated heterocycles. The summed E-state index contributed by atoms with van der Waals surface area (Å²) in [6.45, 7) is 4.06. The zero-order valence-corrected chi connectivity index (χ0v) is 44.0. The van der Waals surface area contributed by atoms with Gasteiger partial charge in [0.25, 0.3) is 7.82 Å². The molecule has 0 N–H and O–H groups in total. The summed E-state index contributed by atoms with van der Waals surface area (Å²) in [5.74, 6) is -0.882. The minimum atomic E-state index is -4.64. The van der Waals surface area contributed by atoms with Crippen molar-refractivity contribution in [3.63, 3.8) is 0 Å². The lowest BCUT2D eigenvalue weighted by Crippen LogP contribution is -2.37. The van der Waals surface area contributed by atoms with Crippen LogP contribution in [0.5, 0.6) is 0 Å². The number of carbonyl (C=O) groups is 2. The smallest absolute Gasteiger partial charge is 0.306 e. The number of carbonyl (C=O) groups excluding carboxylic acids is 2. The van der Waals surface area contributed by atoms with Crippen LogP contribution in [0, 0.1) is 0 Å². The molecule has 0 amide bonds. The average molecular weight is 946 g/mol. The van der Waals surface area contributed by atoms with Gasteiger partial charge in [0.15, 0.2) is 6.10 Å². The molecule has 66 heavy (non-hydrogen) atoms. The summed E-state index contributed by atoms with van der Waals surface area (Å²) in [6.07, 6.45) is 61.0. The first kappa shape index (κ1) is 63.5. The lowest BCUT2D eigenvalue weighted by molar-refractivity contribution is -0.870. The second-order valence-electron chi connectivity index (χ2n) is 18.9. The van der Waals surface area contributed by atoms with Gasteiger partial charge in [-0.05, 0) is 83.5 Å². The number of phosphoric ester groups is 1. The summed E-state index contributed by atoms with van der Waals surface area (Å²) in [4.78, 5) is 37.7. The van der Waals surface area contributed by atoms with Crippen molar-refractivity contribution in [2.45, 2.75) is 225 Å². The molecule has 10 heteroatoms. The molecule has 0 rings (SSSR count). The van der Waals surface area contributed by atoms with E-state index in [0.29, 0.717) is 17.4 Å². The molecule has 0 aromatic heterocycles. The van der Waals surface area contributed by atoms with Crippen LogP contribution in [0.3, 0.4) is 0 Å². The summed E-state index contributed by atoms with van der Waals surface area (Å²) >= 11 is 0. The van der Waals surface area contributed by atoms with Crippen molar-refractivity contribution in [1.82, 2.24) is 0 Å². The SMILES string of the molecule is CC/C=C\C/C=C\C/C=C\C/C=C\CCCCC(=O)OC(COC(=O)CCCCCCCCCCCCCCCCC/C=C\C/C=C\CCCCCCC)COP(=O)([O-])OCC[N+](C)(C)C. The number of rotatable bonds is 48. The maximum atomic E-state index is 12.7. The molecule has 0 aliphatic rings. The summed E-state index contributed by atoms with van der Waals surface area (Å²) in [6, 6.07) is 0. The number of nitrogens with zero attached hydrogens (tertiary/aromatic N) is 1. The Morgan fingerprint density at radius 2 is 0.864 bits per heavy atom. The molecule has 2 unspecified atom stereocenters. The molecular formula is C56H100NO8P. The Balaban J connectivity index is 4.17. The van der Waals surface area contributed by atoms with E-state index < -0.39 is 32.5 Å². The molecule has 0 spiro atoms. The van der Waals surface area contributed by atoms with E-state index in [2.05, 4.69) is 86.8 Å². The largest absolute Gasteiger partial charge is 0.756 e. The van der Waals surface area contributed by atoms with Crippen molar-refractivity contribution in [2.75, 3.05) is 47.5 Å². The summed E-state index contributed by atoms with van der Waals surface area (Å²) in [7, 11) is 1.13. The number of quaternary nitrogens is 1. The van der Waals surface area contributed by atoms with Gasteiger partial charge in [-0.1, -0.05) is 196 Å². The van der Waals surface area contributed by atoms with Crippen LogP contribution in [0.25, 0.3) is 0 Å². The standard InChI is InChI=1S/C56H100NO8P/c1-6-8-10-12-14-16-18-20-22-23-24-25-26-27-28-29-30-31-32-33-35-36-38-40-42-44-46-48-55(58)62-52-54(53-64-66(60,61)63-51-50-57(3,4)5)65-56(59)49-47-45-43-41-39-37-34-21-19-17-15-13-11-9-7-2/h9,11,15,17-18,20-21,23-24,34,39,41,54H,6-8,10,12-14,16,19,22,25-33,35-38,40,42-53H2,1-5H3/b11-9-,17-15-,20-18-,24-23-,34-21-,41-39-. The van der Waals surface area contributed by atoms with Crippen molar-refractivity contribution in [1.29, 1.82) is 0 Å². The predicted molar refractivity (Wildman–Crippen MR) is 277 cm³/mol. The van der Waals surface area contributed by atoms with E-state index in [1.54, 1.807) is 0 Å². The topological polar surface area (TPSA) is 111 Å². The fourth-order valence-electron chi connectivity index (χ4n) is 7.09. The van der Waals surface area contributed by atoms with E-state index in [4.69, 9.17) is 18.5 Å². The van der Waals surface area contributed by atoms with E-state index in [-0.39, 0.29) is 26.1 Å². The quantitative estimate of drug-likeness (QED) is 0.0195. The van der Waals surface area contributed by atoms with E-state index in [0.717, 1.165) is 64.2 Å². The van der Waals surface area contributed by atoms with Crippen molar-refractivity contribution in [2.24, 2.45) is 0 Å². The maximum absolute atomic E-state index is 12.7. The highest BCUT2D eigenvalue weighted by Gasteiger charge is 2.21. The summed E-state index contributed by atoms with van der Waals surface area (Å²) < 4.78 is 34.0. The average Bonchev–Trinajstić information content (AvgIpc) is 3.27. The lowest BCUT2D eigenvalue weighted by atomic mass is 10.0. The highest BCUT2D eigenvalue weighted by molar-refractivity contribution is 7.45. The highest BCUT2D eigenvalue weighted by atomic mass is 31.2. The van der Waals surface area contributed by atoms with Crippen molar-refractivity contribution < 1.29 is 42.1 Å². The van der Waals surface area contributed by atoms with Crippen LogP contribution in [0.2, 0.25) is 0 Å². The van der Waals surface area contributed by atoms with Gasteiger partial charge in [0.05, 0.1) is 27.7 Å². The second kappa shape index (κ2) is 47.5. The van der Waals surface area contributed by atoms with E-state index in [1.165, 1.54) is 122 Å². The molecule has 0 aromatic rings. The van der Waals surface area contributed by atoms with E-state index in [9.17, 15) is 19.0 Å². The highest BCUT2D eigenvalue weighted by Crippen LogP contribution is 2.38. The van der Waals surface area contributed by atoms with Crippen molar-refractivity contribution >= 4 is 19.8 Å². The first-order valence-corrected chi connectivity index (χ1v) is 28.1. The molecule has 2 atom stereocenters. The van der Waals surface area contributed by atoms with Gasteiger partial charge in [0, 0.05) is 12.8 Å². The normalized spacial score (nSPS) is 14.0. The zero-order chi connectivity index (χ0) is 48.5. The number of hydrogen-bond donors (Lipinski definition) is 0. The fourth-order valence-corrected chi connectivity index (χ4v) is 7.82. The monoisotopic (exact) mass is 946 g/mol. The van der Waals surface area contributed by atoms with Gasteiger partial charge in [-0.25, -0.2) is 0 Å². The Labute approximate surface area is 406 Å². The first-order valence-electron chi connectivity index (χ1n) is 26.6. The Morgan fingerprint density at radius 1 is 0.485 bits per heavy atom. The van der Waals surface area contributed by atoms with Crippen LogP contribution in [0.15, 0.2) is 72.9 Å². The number of hydrogen-bond acceptors (Lipinski definition) is 8. The van der Waals surface area contributed by atoms with Gasteiger partial charge in [-0.2, -0.15) is 0 Å². The first-order chi connectivity index (χ1) is 32.0. The molecule has 0 aromatic carbocycles. The minimum absolute atomic E-state index is 0.0414. The third-order valence-corrected chi connectivity index (χ3v) is 12.2. The number of allylic oxidation sites excluding steroid dienone is 12. The van der Waals surface area contributed by atoms with Crippen LogP contribution >= 0.6 is 7.82 Å². The predicted octanol–water partition coefficient (Wildman–Crippen LogP) is 15.5. The number of ether oxygens (including phenoxy) is 2. The van der Waals surface area contributed by atoms with Gasteiger partial charge in [-0.15, -0.1) is 0 Å². The second-order valence-corrected chi connectivity index (χ2v) is 20.3. The lowest BCUT2D eigenvalue weighted by Gasteiger charge is -2.28. The summed E-state index contributed by atoms with van der Waals surface area (Å²) in [5, 5.41) is 0. The van der Waals surface area contributed by atoms with Crippen LogP contribution in [0.1, 0.15) is 219 Å². The van der Waals surface area contributed by atoms with E-state index >= 15 is 0 Å². The zero-order valence-electron chi connectivity index (χ0n) is 43.1. The Morgan fingerprint density at radius 3 is 1.32 bits per heavy atom. The van der Waals surface area contributed by atoms with Crippen molar-refractivity contribution in [3.8, 4) is 0 Å². The number of unbranched alkanes of at least 4 members (excludes halogenated alkanes) is 22. The molecule has 9 nitrogen and oxygen atoms in total. The molecule has 0 aliphatic carbocycles. The molecule has 0 aliphatic heterocycles. The van der Waals surface area contributed by atoms with Crippen LogP contribution in [0.4, 0.5) is 0 Å². The van der Waals surface area contributed by atoms with Gasteiger partial charge in [-0.3, -0.25) is 14.2 Å². The van der Waals surface area contributed by atoms with Crippen molar-refractivity contribution in [3.05, 3.63) is 72.9 Å². The van der Waals surface area contributed by atoms with Crippen LogP contribution < -0.4 is 4.89 Å². The van der Waals surface area contributed by atoms with E-state index in [1.807, 2.05) is 21.1 Å². The molecule has 0 heterocycles. The molecule has 0 bridgehead atoms. The van der Waals surface area contributed by atoms with Crippen LogP contribution in [-0.4, -0.2) is 70.0 Å². The molecule has 0 saturated carbocycles. The molecule has 0 fully saturated rings. The van der Waals surface area contributed by atoms with Gasteiger partial charge >= 0.3 is 11.9 Å². The van der Waals surface area contributed by atoms with Gasteiger partial charge in [0.1, 0.15) is 19.8 Å². The Kier molecular flexibility index (Phi) is 45.7. The third kappa shape index (κ3) is 50.9. The molecule has 382 valence electrons. The number of likely N-dealkylation sites (N-methyl/N-ethyl adjacent to an activating group) is 1. The number of esters is 2. The fraction of sp³-hybridized carbons (Fsp3) is 0.750. The summed E-state index contributed by atoms with van der Waals surface area (Å²) in [5.41, 5.74) is 0. The van der Waals surface area contributed by atoms with Gasteiger partial charge in [0.2, 0.25) is 0 Å². The van der Waals surface area contributed by atoms with Gasteiger partial charge < -0.3 is 27.9 Å². The molecular weight excluding hydrogens is 846 g/mol. The minimum Gasteiger partial charge on any atom is -0.756 e. The van der Waals surface area contributed by atoms with Crippen LogP contribution in [-0.2, 0) is 32.7 Å². The number of phosphoric acid groups is 1. The third-order valence-electron chi connectivity index (χ3n) is 11.2.